The molecule has 1 amide bonds. The Bertz CT molecular complexity index is 956. The summed E-state index contributed by atoms with van der Waals surface area (Å²) in [4.78, 5) is 27.2. The summed E-state index contributed by atoms with van der Waals surface area (Å²) in [6, 6.07) is 7.74. The van der Waals surface area contributed by atoms with Gasteiger partial charge in [0, 0.05) is 18.7 Å². The van der Waals surface area contributed by atoms with Gasteiger partial charge in [-0.2, -0.15) is 0 Å². The average Bonchev–Trinajstić information content (AvgIpc) is 3.46. The highest BCUT2D eigenvalue weighted by Gasteiger charge is 2.48. The topological polar surface area (TPSA) is 89.2 Å². The number of nitrogens with zero attached hydrogens (tertiary/aromatic N) is 1. The normalized spacial score (nSPS) is 23.7. The Balaban J connectivity index is 1.80. The van der Waals surface area contributed by atoms with Gasteiger partial charge in [0.1, 0.15) is 23.3 Å². The van der Waals surface area contributed by atoms with Crippen LogP contribution < -0.4 is 4.74 Å². The molecule has 152 valence electrons. The smallest absolute Gasteiger partial charge is 0.295 e. The first-order valence-electron chi connectivity index (χ1n) is 9.59. The van der Waals surface area contributed by atoms with Gasteiger partial charge in [-0.1, -0.05) is 0 Å². The number of Topliss-reactive ketones (excluding diaryl/α,β-unsaturated/α-hetero) is 1. The summed E-state index contributed by atoms with van der Waals surface area (Å²) < 4.78 is 16.4. The van der Waals surface area contributed by atoms with Gasteiger partial charge >= 0.3 is 0 Å². The van der Waals surface area contributed by atoms with Gasteiger partial charge in [-0.3, -0.25) is 9.59 Å². The molecule has 2 unspecified atom stereocenters. The quantitative estimate of drug-likeness (QED) is 0.473. The lowest BCUT2D eigenvalue weighted by atomic mass is 9.97. The van der Waals surface area contributed by atoms with Crippen LogP contribution in [0.15, 0.2) is 46.6 Å². The largest absolute Gasteiger partial charge is 0.507 e. The Morgan fingerprint density at radius 3 is 2.76 bits per heavy atom. The zero-order valence-electron chi connectivity index (χ0n) is 16.4. The standard InChI is InChI=1S/C22H23NO6/c1-13-11-14(27-2)7-8-16(13)20(24)18-19(17-6-4-10-29-17)23(22(26)21(18)25)12-15-5-3-9-28-15/h4,6-8,10-11,15,19,24H,3,5,9,12H2,1-2H3/b20-18-. The van der Waals surface area contributed by atoms with Gasteiger partial charge in [-0.25, -0.2) is 0 Å². The molecule has 1 N–H and O–H groups in total. The molecule has 2 aliphatic heterocycles. The Kier molecular flexibility index (Phi) is 5.15. The molecule has 1 aromatic carbocycles. The third-order valence-corrected chi connectivity index (χ3v) is 5.47. The van der Waals surface area contributed by atoms with E-state index in [0.29, 0.717) is 23.7 Å². The SMILES string of the molecule is COc1ccc(/C(O)=C2/C(=O)C(=O)N(CC3CCCO3)C2c2ccco2)c(C)c1. The molecular weight excluding hydrogens is 374 g/mol. The van der Waals surface area contributed by atoms with Crippen molar-refractivity contribution >= 4 is 17.4 Å². The molecule has 0 aliphatic carbocycles. The predicted octanol–water partition coefficient (Wildman–Crippen LogP) is 3.20. The van der Waals surface area contributed by atoms with Crippen molar-refractivity contribution in [1.29, 1.82) is 0 Å². The van der Waals surface area contributed by atoms with Crippen LogP contribution in [0, 0.1) is 6.92 Å². The number of benzene rings is 1. The molecule has 0 saturated carbocycles. The number of likely N-dealkylation sites (tertiary alicyclic amines) is 1. The summed E-state index contributed by atoms with van der Waals surface area (Å²) in [6.45, 7) is 2.72. The summed E-state index contributed by atoms with van der Waals surface area (Å²) in [7, 11) is 1.56. The van der Waals surface area contributed by atoms with Crippen LogP contribution in [-0.2, 0) is 14.3 Å². The molecule has 2 aliphatic rings. The summed E-state index contributed by atoms with van der Waals surface area (Å²) in [5.41, 5.74) is 1.22. The van der Waals surface area contributed by atoms with Gasteiger partial charge in [-0.05, 0) is 55.7 Å². The Labute approximate surface area is 168 Å². The van der Waals surface area contributed by atoms with E-state index >= 15 is 0 Å². The summed E-state index contributed by atoms with van der Waals surface area (Å²) in [6.07, 6.45) is 3.10. The molecule has 7 nitrogen and oxygen atoms in total. The van der Waals surface area contributed by atoms with Crippen LogP contribution in [-0.4, -0.2) is 48.1 Å². The number of carbonyl (C=O) groups excluding carboxylic acids is 2. The highest BCUT2D eigenvalue weighted by atomic mass is 16.5. The average molecular weight is 397 g/mol. The van der Waals surface area contributed by atoms with E-state index in [1.165, 1.54) is 11.2 Å². The third-order valence-electron chi connectivity index (χ3n) is 5.47. The maximum absolute atomic E-state index is 12.9. The van der Waals surface area contributed by atoms with E-state index in [4.69, 9.17) is 13.9 Å². The molecule has 3 heterocycles. The van der Waals surface area contributed by atoms with Crippen molar-refractivity contribution in [2.75, 3.05) is 20.3 Å². The summed E-state index contributed by atoms with van der Waals surface area (Å²) in [5.74, 6) is -0.540. The number of rotatable bonds is 5. The van der Waals surface area contributed by atoms with Crippen LogP contribution in [0.1, 0.15) is 35.8 Å². The highest BCUT2D eigenvalue weighted by molar-refractivity contribution is 6.46. The fourth-order valence-corrected chi connectivity index (χ4v) is 3.99. The van der Waals surface area contributed by atoms with E-state index in [1.807, 2.05) is 6.92 Å². The molecular formula is C22H23NO6. The molecule has 7 heteroatoms. The molecule has 2 aromatic rings. The Hall–Kier alpha value is -3.06. The second-order valence-electron chi connectivity index (χ2n) is 7.28. The van der Waals surface area contributed by atoms with Crippen molar-refractivity contribution in [1.82, 2.24) is 4.90 Å². The summed E-state index contributed by atoms with van der Waals surface area (Å²) in [5, 5.41) is 11.1. The van der Waals surface area contributed by atoms with Gasteiger partial charge in [-0.15, -0.1) is 0 Å². The van der Waals surface area contributed by atoms with Crippen molar-refractivity contribution in [3.63, 3.8) is 0 Å². The van der Waals surface area contributed by atoms with Crippen LogP contribution in [0.3, 0.4) is 0 Å². The van der Waals surface area contributed by atoms with Gasteiger partial charge < -0.3 is 23.9 Å². The minimum Gasteiger partial charge on any atom is -0.507 e. The zero-order valence-corrected chi connectivity index (χ0v) is 16.4. The minimum absolute atomic E-state index is 0.0243. The third kappa shape index (κ3) is 3.42. The van der Waals surface area contributed by atoms with Crippen molar-refractivity contribution in [2.45, 2.75) is 31.9 Å². The number of carbonyl (C=O) groups is 2. The van der Waals surface area contributed by atoms with Crippen molar-refractivity contribution in [3.8, 4) is 5.75 Å². The van der Waals surface area contributed by atoms with E-state index in [0.717, 1.165) is 18.4 Å². The van der Waals surface area contributed by atoms with Crippen molar-refractivity contribution in [3.05, 3.63) is 59.1 Å². The lowest BCUT2D eigenvalue weighted by Crippen LogP contribution is -2.36. The lowest BCUT2D eigenvalue weighted by Gasteiger charge is -2.25. The van der Waals surface area contributed by atoms with Crippen LogP contribution in [0.25, 0.3) is 5.76 Å². The fourth-order valence-electron chi connectivity index (χ4n) is 3.99. The first-order valence-corrected chi connectivity index (χ1v) is 9.59. The molecule has 0 bridgehead atoms. The molecule has 0 radical (unpaired) electrons. The number of aliphatic hydroxyl groups excluding tert-OH is 1. The van der Waals surface area contributed by atoms with Gasteiger partial charge in [0.2, 0.25) is 0 Å². The Morgan fingerprint density at radius 1 is 1.31 bits per heavy atom. The van der Waals surface area contributed by atoms with Crippen LogP contribution in [0.2, 0.25) is 0 Å². The minimum atomic E-state index is -0.796. The number of furan rings is 1. The first-order chi connectivity index (χ1) is 14.0. The van der Waals surface area contributed by atoms with Crippen molar-refractivity contribution in [2.24, 2.45) is 0 Å². The number of hydrogen-bond acceptors (Lipinski definition) is 6. The molecule has 2 fully saturated rings. The van der Waals surface area contributed by atoms with Crippen molar-refractivity contribution < 1.29 is 28.6 Å². The molecule has 2 atom stereocenters. The number of hydrogen-bond donors (Lipinski definition) is 1. The zero-order chi connectivity index (χ0) is 20.5. The molecule has 4 rings (SSSR count). The van der Waals surface area contributed by atoms with Gasteiger partial charge in [0.05, 0.1) is 25.1 Å². The van der Waals surface area contributed by atoms with E-state index in [-0.39, 0.29) is 24.0 Å². The number of methoxy groups -OCH3 is 1. The van der Waals surface area contributed by atoms with Crippen LogP contribution >= 0.6 is 0 Å². The fraction of sp³-hybridized carbons (Fsp3) is 0.364. The van der Waals surface area contributed by atoms with E-state index in [1.54, 1.807) is 37.4 Å². The number of aryl methyl sites for hydroxylation is 1. The lowest BCUT2D eigenvalue weighted by molar-refractivity contribution is -0.141. The van der Waals surface area contributed by atoms with E-state index in [2.05, 4.69) is 0 Å². The number of ketones is 1. The monoisotopic (exact) mass is 397 g/mol. The Morgan fingerprint density at radius 2 is 2.14 bits per heavy atom. The molecule has 2 saturated heterocycles. The first kappa shape index (κ1) is 19.3. The number of amides is 1. The molecule has 29 heavy (non-hydrogen) atoms. The molecule has 1 aromatic heterocycles. The highest BCUT2D eigenvalue weighted by Crippen LogP contribution is 2.40. The van der Waals surface area contributed by atoms with E-state index in [9.17, 15) is 14.7 Å². The van der Waals surface area contributed by atoms with Crippen LogP contribution in [0.5, 0.6) is 5.75 Å². The molecule has 0 spiro atoms. The number of ether oxygens (including phenoxy) is 2. The number of aliphatic hydroxyl groups is 1. The van der Waals surface area contributed by atoms with Gasteiger partial charge in [0.15, 0.2) is 0 Å². The maximum atomic E-state index is 12.9. The maximum Gasteiger partial charge on any atom is 0.295 e. The summed E-state index contributed by atoms with van der Waals surface area (Å²) >= 11 is 0. The predicted molar refractivity (Wildman–Crippen MR) is 104 cm³/mol. The van der Waals surface area contributed by atoms with Gasteiger partial charge in [0.25, 0.3) is 11.7 Å². The second-order valence-corrected chi connectivity index (χ2v) is 7.28. The van der Waals surface area contributed by atoms with E-state index < -0.39 is 17.7 Å². The van der Waals surface area contributed by atoms with Crippen LogP contribution in [0.4, 0.5) is 0 Å². The second kappa shape index (κ2) is 7.75.